The van der Waals surface area contributed by atoms with Crippen molar-refractivity contribution in [1.29, 1.82) is 5.26 Å². The summed E-state index contributed by atoms with van der Waals surface area (Å²) in [5.74, 6) is 0.104. The Kier molecular flexibility index (Phi) is 7.79. The Morgan fingerprint density at radius 2 is 2.00 bits per heavy atom. The fraction of sp³-hybridized carbons (Fsp3) is 0.167. The van der Waals surface area contributed by atoms with Crippen LogP contribution in [-0.4, -0.2) is 12.5 Å². The lowest BCUT2D eigenvalue weighted by atomic mass is 10.1. The molecule has 3 rings (SSSR count). The number of rotatable bonds is 9. The standard InChI is InChI=1S/C24H21FN2O3S/c1-2-29-23-13-17(9-10-22(23)30-16-18-6-3-4-8-21(18)25)12-19(14-26)24(28)27-15-20-7-5-11-31-20/h3-13H,2,15-16H2,1H3,(H,27,28)/b19-12+. The van der Waals surface area contributed by atoms with Crippen LogP contribution < -0.4 is 14.8 Å². The Morgan fingerprint density at radius 1 is 1.16 bits per heavy atom. The first-order valence-corrected chi connectivity index (χ1v) is 10.5. The summed E-state index contributed by atoms with van der Waals surface area (Å²) in [6, 6.07) is 17.2. The maximum Gasteiger partial charge on any atom is 0.262 e. The third kappa shape index (κ3) is 6.17. The number of carbonyl (C=O) groups is 1. The normalized spacial score (nSPS) is 10.9. The van der Waals surface area contributed by atoms with Crippen LogP contribution in [0.4, 0.5) is 4.39 Å². The molecule has 0 spiro atoms. The summed E-state index contributed by atoms with van der Waals surface area (Å²) in [5, 5.41) is 14.1. The van der Waals surface area contributed by atoms with E-state index in [1.807, 2.05) is 30.5 Å². The molecule has 0 aliphatic heterocycles. The molecule has 0 unspecified atom stereocenters. The molecule has 0 aliphatic carbocycles. The predicted molar refractivity (Wildman–Crippen MR) is 118 cm³/mol. The predicted octanol–water partition coefficient (Wildman–Crippen LogP) is 5.09. The number of nitriles is 1. The van der Waals surface area contributed by atoms with Crippen LogP contribution in [0.2, 0.25) is 0 Å². The maximum absolute atomic E-state index is 13.8. The van der Waals surface area contributed by atoms with Crippen LogP contribution in [0.3, 0.4) is 0 Å². The molecule has 5 nitrogen and oxygen atoms in total. The van der Waals surface area contributed by atoms with Gasteiger partial charge in [-0.15, -0.1) is 11.3 Å². The zero-order valence-electron chi connectivity index (χ0n) is 16.9. The molecule has 0 radical (unpaired) electrons. The Hall–Kier alpha value is -3.63. The van der Waals surface area contributed by atoms with E-state index in [2.05, 4.69) is 5.32 Å². The number of ether oxygens (including phenoxy) is 2. The highest BCUT2D eigenvalue weighted by atomic mass is 32.1. The van der Waals surface area contributed by atoms with Gasteiger partial charge < -0.3 is 14.8 Å². The van der Waals surface area contributed by atoms with Crippen LogP contribution >= 0.6 is 11.3 Å². The Balaban J connectivity index is 1.74. The molecule has 0 atom stereocenters. The number of hydrogen-bond acceptors (Lipinski definition) is 5. The van der Waals surface area contributed by atoms with Gasteiger partial charge in [-0.1, -0.05) is 30.3 Å². The average molecular weight is 437 g/mol. The summed E-state index contributed by atoms with van der Waals surface area (Å²) < 4.78 is 25.2. The number of hydrogen-bond donors (Lipinski definition) is 1. The molecule has 1 amide bonds. The van der Waals surface area contributed by atoms with Crippen molar-refractivity contribution in [2.24, 2.45) is 0 Å². The van der Waals surface area contributed by atoms with E-state index < -0.39 is 5.91 Å². The molecule has 1 heterocycles. The number of benzene rings is 2. The van der Waals surface area contributed by atoms with E-state index in [1.165, 1.54) is 23.5 Å². The molecule has 31 heavy (non-hydrogen) atoms. The van der Waals surface area contributed by atoms with E-state index in [-0.39, 0.29) is 18.0 Å². The van der Waals surface area contributed by atoms with Gasteiger partial charge in [-0.05, 0) is 48.2 Å². The minimum Gasteiger partial charge on any atom is -0.490 e. The zero-order valence-corrected chi connectivity index (χ0v) is 17.7. The third-order valence-corrected chi connectivity index (χ3v) is 5.16. The van der Waals surface area contributed by atoms with Crippen LogP contribution in [0.15, 0.2) is 65.6 Å². The number of halogens is 1. The Morgan fingerprint density at radius 3 is 2.71 bits per heavy atom. The molecule has 0 fully saturated rings. The van der Waals surface area contributed by atoms with E-state index in [0.29, 0.717) is 35.8 Å². The second kappa shape index (κ2) is 11.0. The first kappa shape index (κ1) is 22.1. The van der Waals surface area contributed by atoms with Crippen molar-refractivity contribution in [3.05, 3.63) is 87.4 Å². The lowest BCUT2D eigenvalue weighted by Crippen LogP contribution is -2.23. The number of amides is 1. The molecular formula is C24H21FN2O3S. The summed E-state index contributed by atoms with van der Waals surface area (Å²) in [7, 11) is 0. The summed E-state index contributed by atoms with van der Waals surface area (Å²) in [5.41, 5.74) is 1.03. The molecule has 0 bridgehead atoms. The summed E-state index contributed by atoms with van der Waals surface area (Å²) in [6.07, 6.45) is 1.49. The molecule has 1 aromatic heterocycles. The number of carbonyl (C=O) groups excluding carboxylic acids is 1. The van der Waals surface area contributed by atoms with Crippen LogP contribution in [0.25, 0.3) is 6.08 Å². The lowest BCUT2D eigenvalue weighted by Gasteiger charge is -2.13. The van der Waals surface area contributed by atoms with E-state index in [0.717, 1.165) is 4.88 Å². The van der Waals surface area contributed by atoms with Gasteiger partial charge in [0.1, 0.15) is 24.1 Å². The third-order valence-electron chi connectivity index (χ3n) is 4.29. The fourth-order valence-electron chi connectivity index (χ4n) is 2.76. The smallest absolute Gasteiger partial charge is 0.262 e. The maximum atomic E-state index is 13.8. The highest BCUT2D eigenvalue weighted by Crippen LogP contribution is 2.30. The van der Waals surface area contributed by atoms with Gasteiger partial charge in [0.2, 0.25) is 0 Å². The van der Waals surface area contributed by atoms with E-state index in [1.54, 1.807) is 36.4 Å². The van der Waals surface area contributed by atoms with Gasteiger partial charge >= 0.3 is 0 Å². The molecule has 158 valence electrons. The van der Waals surface area contributed by atoms with Gasteiger partial charge in [-0.25, -0.2) is 4.39 Å². The molecule has 2 aromatic carbocycles. The largest absolute Gasteiger partial charge is 0.490 e. The van der Waals surface area contributed by atoms with Crippen molar-refractivity contribution in [3.8, 4) is 17.6 Å². The molecule has 0 saturated heterocycles. The first-order valence-electron chi connectivity index (χ1n) is 9.66. The number of nitrogens with one attached hydrogen (secondary N) is 1. The van der Waals surface area contributed by atoms with Crippen LogP contribution in [-0.2, 0) is 17.9 Å². The topological polar surface area (TPSA) is 71.3 Å². The van der Waals surface area contributed by atoms with Gasteiger partial charge in [0.05, 0.1) is 13.2 Å². The average Bonchev–Trinajstić information content (AvgIpc) is 3.30. The van der Waals surface area contributed by atoms with E-state index >= 15 is 0 Å². The van der Waals surface area contributed by atoms with Gasteiger partial charge in [-0.3, -0.25) is 4.79 Å². The SMILES string of the molecule is CCOc1cc(/C=C(\C#N)C(=O)NCc2cccs2)ccc1OCc1ccccc1F. The van der Waals surface area contributed by atoms with Crippen molar-refractivity contribution in [2.45, 2.75) is 20.1 Å². The summed E-state index contributed by atoms with van der Waals surface area (Å²) in [6.45, 7) is 2.65. The van der Waals surface area contributed by atoms with Gasteiger partial charge in [-0.2, -0.15) is 5.26 Å². The second-order valence-corrected chi connectivity index (χ2v) is 7.48. The van der Waals surface area contributed by atoms with Gasteiger partial charge in [0.25, 0.3) is 5.91 Å². The lowest BCUT2D eigenvalue weighted by molar-refractivity contribution is -0.117. The highest BCUT2D eigenvalue weighted by molar-refractivity contribution is 7.09. The Labute approximate surface area is 184 Å². The monoisotopic (exact) mass is 436 g/mol. The van der Waals surface area contributed by atoms with E-state index in [4.69, 9.17) is 9.47 Å². The minimum absolute atomic E-state index is 0.0148. The van der Waals surface area contributed by atoms with E-state index in [9.17, 15) is 14.4 Å². The van der Waals surface area contributed by atoms with Crippen molar-refractivity contribution >= 4 is 23.3 Å². The second-order valence-electron chi connectivity index (χ2n) is 6.45. The number of nitrogens with zero attached hydrogens (tertiary/aromatic N) is 1. The summed E-state index contributed by atoms with van der Waals surface area (Å²) >= 11 is 1.53. The van der Waals surface area contributed by atoms with Crippen molar-refractivity contribution in [1.82, 2.24) is 5.32 Å². The first-order chi connectivity index (χ1) is 15.1. The van der Waals surface area contributed by atoms with Crippen molar-refractivity contribution < 1.29 is 18.7 Å². The van der Waals surface area contributed by atoms with Crippen LogP contribution in [0, 0.1) is 17.1 Å². The molecule has 1 N–H and O–H groups in total. The minimum atomic E-state index is -0.450. The zero-order chi connectivity index (χ0) is 22.1. The highest BCUT2D eigenvalue weighted by Gasteiger charge is 2.12. The Bertz CT molecular complexity index is 1100. The summed E-state index contributed by atoms with van der Waals surface area (Å²) in [4.78, 5) is 13.4. The van der Waals surface area contributed by atoms with Crippen molar-refractivity contribution in [3.63, 3.8) is 0 Å². The molecular weight excluding hydrogens is 415 g/mol. The fourth-order valence-corrected chi connectivity index (χ4v) is 3.41. The van der Waals surface area contributed by atoms with Crippen molar-refractivity contribution in [2.75, 3.05) is 6.61 Å². The molecule has 0 aliphatic rings. The van der Waals surface area contributed by atoms with Gasteiger partial charge in [0, 0.05) is 10.4 Å². The van der Waals surface area contributed by atoms with Crippen LogP contribution in [0.5, 0.6) is 11.5 Å². The number of thiophene rings is 1. The molecule has 0 saturated carbocycles. The van der Waals surface area contributed by atoms with Gasteiger partial charge in [0.15, 0.2) is 11.5 Å². The quantitative estimate of drug-likeness (QED) is 0.375. The molecule has 7 heteroatoms. The molecule has 3 aromatic rings. The van der Waals surface area contributed by atoms with Crippen LogP contribution in [0.1, 0.15) is 22.9 Å².